The summed E-state index contributed by atoms with van der Waals surface area (Å²) in [6, 6.07) is 15.1. The monoisotopic (exact) mass is 359 g/mol. The highest BCUT2D eigenvalue weighted by atomic mass is 32.1. The maximum absolute atomic E-state index is 13.1. The molecule has 0 atom stereocenters. The van der Waals surface area contributed by atoms with Gasteiger partial charge >= 0.3 is 0 Å². The smallest absolute Gasteiger partial charge is 0.275 e. The molecule has 0 saturated heterocycles. The Bertz CT molecular complexity index is 1330. The van der Waals surface area contributed by atoms with E-state index in [2.05, 4.69) is 11.6 Å². The summed E-state index contributed by atoms with van der Waals surface area (Å²) < 4.78 is 2.02. The Morgan fingerprint density at radius 2 is 1.85 bits per heavy atom. The van der Waals surface area contributed by atoms with Crippen molar-refractivity contribution < 1.29 is 4.79 Å². The lowest BCUT2D eigenvalue weighted by molar-refractivity contribution is -0.112. The maximum atomic E-state index is 13.1. The lowest BCUT2D eigenvalue weighted by atomic mass is 10.1. The molecular formula is C20H13N3O2S. The van der Waals surface area contributed by atoms with E-state index in [1.54, 1.807) is 15.4 Å². The van der Waals surface area contributed by atoms with Crippen molar-refractivity contribution in [2.45, 2.75) is 0 Å². The normalized spacial score (nSPS) is 15.8. The number of fused-ring (bicyclic) bond motifs is 4. The molecule has 0 bridgehead atoms. The molecule has 0 N–H and O–H groups in total. The van der Waals surface area contributed by atoms with Gasteiger partial charge in [0.1, 0.15) is 4.53 Å². The summed E-state index contributed by atoms with van der Waals surface area (Å²) in [6.07, 6.45) is 1.68. The number of hydrogen-bond acceptors (Lipinski definition) is 4. The molecule has 26 heavy (non-hydrogen) atoms. The van der Waals surface area contributed by atoms with Gasteiger partial charge in [-0.1, -0.05) is 47.7 Å². The van der Waals surface area contributed by atoms with Crippen LogP contribution in [0.3, 0.4) is 0 Å². The first-order chi connectivity index (χ1) is 12.7. The summed E-state index contributed by atoms with van der Waals surface area (Å²) in [4.78, 5) is 33.0. The molecule has 0 unspecified atom stereocenters. The van der Waals surface area contributed by atoms with Gasteiger partial charge in [0.15, 0.2) is 4.96 Å². The molecule has 0 saturated carbocycles. The number of benzene rings is 2. The zero-order valence-corrected chi connectivity index (χ0v) is 14.5. The molecule has 0 aliphatic carbocycles. The fourth-order valence-corrected chi connectivity index (χ4v) is 4.55. The van der Waals surface area contributed by atoms with Crippen LogP contribution in [0.25, 0.3) is 21.6 Å². The van der Waals surface area contributed by atoms with E-state index in [1.807, 2.05) is 48.5 Å². The molecule has 2 aromatic heterocycles. The van der Waals surface area contributed by atoms with Crippen LogP contribution in [0.2, 0.25) is 0 Å². The van der Waals surface area contributed by atoms with Gasteiger partial charge in [-0.15, -0.1) is 6.58 Å². The third-order valence-electron chi connectivity index (χ3n) is 4.58. The van der Waals surface area contributed by atoms with Crippen LogP contribution in [0, 0.1) is 0 Å². The number of thiazole rings is 1. The minimum absolute atomic E-state index is 0.169. The summed E-state index contributed by atoms with van der Waals surface area (Å²) in [5.74, 6) is -0.169. The van der Waals surface area contributed by atoms with E-state index in [0.29, 0.717) is 21.6 Å². The predicted molar refractivity (Wildman–Crippen MR) is 104 cm³/mol. The highest BCUT2D eigenvalue weighted by Gasteiger charge is 2.33. The van der Waals surface area contributed by atoms with E-state index in [1.165, 1.54) is 11.3 Å². The van der Waals surface area contributed by atoms with E-state index < -0.39 is 0 Å². The third-order valence-corrected chi connectivity index (χ3v) is 5.62. The van der Waals surface area contributed by atoms with Gasteiger partial charge in [-0.2, -0.15) is 0 Å². The van der Waals surface area contributed by atoms with Crippen LogP contribution >= 0.6 is 11.3 Å². The third kappa shape index (κ3) is 1.87. The molecule has 4 aromatic rings. The number of anilines is 1. The van der Waals surface area contributed by atoms with Crippen molar-refractivity contribution in [1.29, 1.82) is 0 Å². The van der Waals surface area contributed by atoms with E-state index in [9.17, 15) is 9.59 Å². The number of nitrogens with zero attached hydrogens (tertiary/aromatic N) is 3. The summed E-state index contributed by atoms with van der Waals surface area (Å²) in [7, 11) is 0. The second kappa shape index (κ2) is 5.37. The molecule has 6 heteroatoms. The number of carbonyl (C=O) groups is 1. The largest absolute Gasteiger partial charge is 0.304 e. The van der Waals surface area contributed by atoms with Crippen LogP contribution in [0.15, 0.2) is 66.0 Å². The van der Waals surface area contributed by atoms with Crippen molar-refractivity contribution in [3.8, 4) is 0 Å². The summed E-state index contributed by atoms with van der Waals surface area (Å²) in [5, 5.41) is 0. The van der Waals surface area contributed by atoms with E-state index in [0.717, 1.165) is 22.3 Å². The summed E-state index contributed by atoms with van der Waals surface area (Å²) in [6.45, 7) is 4.13. The molecule has 0 fully saturated rings. The van der Waals surface area contributed by atoms with Crippen molar-refractivity contribution in [2.24, 2.45) is 0 Å². The van der Waals surface area contributed by atoms with Crippen LogP contribution in [0.4, 0.5) is 5.69 Å². The van der Waals surface area contributed by atoms with Crippen molar-refractivity contribution in [3.63, 3.8) is 0 Å². The minimum atomic E-state index is -0.197. The maximum Gasteiger partial charge on any atom is 0.275 e. The summed E-state index contributed by atoms with van der Waals surface area (Å²) in [5.41, 5.74) is 3.38. The standard InChI is InChI=1S/C20H13N3O2S/c1-2-11-22-14-9-5-3-7-12(14)16(18(22)24)17-19(25)23-15-10-6-4-8-13(15)21-20(23)26-17/h2-10H,1,11H2. The number of hydrogen-bond donors (Lipinski definition) is 0. The zero-order valence-electron chi connectivity index (χ0n) is 13.7. The van der Waals surface area contributed by atoms with Crippen LogP contribution < -0.4 is 15.0 Å². The topological polar surface area (TPSA) is 54.7 Å². The molecular weight excluding hydrogens is 346 g/mol. The quantitative estimate of drug-likeness (QED) is 0.516. The molecule has 1 amide bonds. The second-order valence-corrected chi connectivity index (χ2v) is 7.03. The molecule has 0 radical (unpaired) electrons. The van der Waals surface area contributed by atoms with Gasteiger partial charge in [0.2, 0.25) is 0 Å². The Labute approximate surface area is 152 Å². The van der Waals surface area contributed by atoms with E-state index in [4.69, 9.17) is 0 Å². The van der Waals surface area contributed by atoms with Gasteiger partial charge in [0.05, 0.1) is 22.3 Å². The summed E-state index contributed by atoms with van der Waals surface area (Å²) >= 11 is 1.26. The number of carbonyl (C=O) groups excluding carboxylic acids is 1. The average molecular weight is 359 g/mol. The molecule has 1 aliphatic heterocycles. The fourth-order valence-electron chi connectivity index (χ4n) is 3.47. The van der Waals surface area contributed by atoms with Crippen molar-refractivity contribution in [3.05, 3.63) is 81.6 Å². The number of imidazole rings is 1. The van der Waals surface area contributed by atoms with Gasteiger partial charge in [-0.25, -0.2) is 9.38 Å². The van der Waals surface area contributed by atoms with E-state index in [-0.39, 0.29) is 11.5 Å². The average Bonchev–Trinajstić information content (AvgIpc) is 3.26. The Kier molecular flexibility index (Phi) is 3.11. The van der Waals surface area contributed by atoms with Gasteiger partial charge in [-0.05, 0) is 18.2 Å². The predicted octanol–water partition coefficient (Wildman–Crippen LogP) is 2.36. The van der Waals surface area contributed by atoms with E-state index >= 15 is 0 Å². The Hall–Kier alpha value is -3.25. The number of aromatic nitrogens is 2. The number of para-hydroxylation sites is 3. The van der Waals surface area contributed by atoms with Crippen molar-refractivity contribution in [2.75, 3.05) is 11.4 Å². The zero-order chi connectivity index (χ0) is 17.8. The minimum Gasteiger partial charge on any atom is -0.304 e. The van der Waals surface area contributed by atoms with Crippen LogP contribution in [0.5, 0.6) is 0 Å². The highest BCUT2D eigenvalue weighted by molar-refractivity contribution is 7.15. The number of amides is 1. The molecule has 2 aromatic carbocycles. The molecule has 0 spiro atoms. The molecule has 5 rings (SSSR count). The fraction of sp³-hybridized carbons (Fsp3) is 0.0500. The Balaban J connectivity index is 1.90. The first kappa shape index (κ1) is 15.0. The SMILES string of the molecule is C=CCN1C(=O)C(=c2sc3nc4ccccc4n3c2=O)c2ccccc21. The molecule has 1 aliphatic rings. The van der Waals surface area contributed by atoms with Gasteiger partial charge in [-0.3, -0.25) is 9.59 Å². The molecule has 5 nitrogen and oxygen atoms in total. The van der Waals surface area contributed by atoms with Gasteiger partial charge < -0.3 is 4.90 Å². The van der Waals surface area contributed by atoms with Crippen LogP contribution in [-0.2, 0) is 4.79 Å². The number of rotatable bonds is 2. The molecule has 126 valence electrons. The van der Waals surface area contributed by atoms with Crippen LogP contribution in [-0.4, -0.2) is 21.8 Å². The lowest BCUT2D eigenvalue weighted by Gasteiger charge is -2.13. The second-order valence-electron chi connectivity index (χ2n) is 6.05. The lowest BCUT2D eigenvalue weighted by Crippen LogP contribution is -2.32. The van der Waals surface area contributed by atoms with Gasteiger partial charge in [0, 0.05) is 12.1 Å². The highest BCUT2D eigenvalue weighted by Crippen LogP contribution is 2.35. The van der Waals surface area contributed by atoms with Crippen molar-refractivity contribution >= 4 is 44.5 Å². The van der Waals surface area contributed by atoms with Gasteiger partial charge in [0.25, 0.3) is 11.5 Å². The molecule has 3 heterocycles. The van der Waals surface area contributed by atoms with Crippen LogP contribution in [0.1, 0.15) is 5.56 Å². The first-order valence-electron chi connectivity index (χ1n) is 8.17. The Morgan fingerprint density at radius 1 is 1.08 bits per heavy atom. The van der Waals surface area contributed by atoms with Crippen molar-refractivity contribution in [1.82, 2.24) is 9.38 Å². The Morgan fingerprint density at radius 3 is 2.69 bits per heavy atom. The first-order valence-corrected chi connectivity index (χ1v) is 8.99.